The molecule has 1 aliphatic rings. The van der Waals surface area contributed by atoms with Crippen molar-refractivity contribution in [2.45, 2.75) is 6.42 Å². The maximum atomic E-state index is 13.2. The molecule has 3 rings (SSSR count). The van der Waals surface area contributed by atoms with E-state index in [1.54, 1.807) is 30.6 Å². The van der Waals surface area contributed by atoms with Crippen LogP contribution in [-0.4, -0.2) is 47.0 Å². The number of hydrogen-bond acceptors (Lipinski definition) is 4. The Bertz CT molecular complexity index is 642. The topological polar surface area (TPSA) is 49.3 Å². The van der Waals surface area contributed by atoms with Gasteiger partial charge in [0.05, 0.1) is 6.42 Å². The van der Waals surface area contributed by atoms with Gasteiger partial charge in [0.1, 0.15) is 5.82 Å². The summed E-state index contributed by atoms with van der Waals surface area (Å²) in [5, 5.41) is 0. The predicted molar refractivity (Wildman–Crippen MR) is 80.9 cm³/mol. The Balaban J connectivity index is 1.56. The van der Waals surface area contributed by atoms with Gasteiger partial charge < -0.3 is 9.80 Å². The van der Waals surface area contributed by atoms with E-state index in [1.165, 1.54) is 12.1 Å². The lowest BCUT2D eigenvalue weighted by Crippen LogP contribution is -2.49. The average molecular weight is 300 g/mol. The third-order valence-corrected chi connectivity index (χ3v) is 3.71. The van der Waals surface area contributed by atoms with Crippen molar-refractivity contribution in [2.24, 2.45) is 0 Å². The van der Waals surface area contributed by atoms with Crippen molar-refractivity contribution in [3.05, 3.63) is 54.1 Å². The molecule has 0 bridgehead atoms. The number of anilines is 1. The molecule has 6 heteroatoms. The molecule has 0 radical (unpaired) electrons. The summed E-state index contributed by atoms with van der Waals surface area (Å²) in [5.74, 6) is 0.412. The molecule has 0 saturated carbocycles. The summed E-state index contributed by atoms with van der Waals surface area (Å²) in [6.45, 7) is 2.68. The van der Waals surface area contributed by atoms with Crippen LogP contribution in [0, 0.1) is 5.82 Å². The van der Waals surface area contributed by atoms with E-state index in [2.05, 4.69) is 14.9 Å². The summed E-state index contributed by atoms with van der Waals surface area (Å²) in [5.41, 5.74) is 0.707. The molecule has 2 heterocycles. The first kappa shape index (κ1) is 14.4. The maximum absolute atomic E-state index is 13.2. The van der Waals surface area contributed by atoms with Crippen LogP contribution in [0.4, 0.5) is 10.3 Å². The molecule has 0 unspecified atom stereocenters. The highest BCUT2D eigenvalue weighted by Crippen LogP contribution is 2.12. The molecule has 1 aromatic heterocycles. The van der Waals surface area contributed by atoms with E-state index in [9.17, 15) is 9.18 Å². The van der Waals surface area contributed by atoms with Crippen molar-refractivity contribution >= 4 is 11.9 Å². The summed E-state index contributed by atoms with van der Waals surface area (Å²) < 4.78 is 13.2. The first-order chi connectivity index (χ1) is 10.7. The lowest BCUT2D eigenvalue weighted by molar-refractivity contribution is -0.130. The van der Waals surface area contributed by atoms with Crippen LogP contribution in [-0.2, 0) is 11.2 Å². The lowest BCUT2D eigenvalue weighted by Gasteiger charge is -2.34. The van der Waals surface area contributed by atoms with Gasteiger partial charge in [0.2, 0.25) is 11.9 Å². The quantitative estimate of drug-likeness (QED) is 0.862. The monoisotopic (exact) mass is 300 g/mol. The molecule has 114 valence electrons. The van der Waals surface area contributed by atoms with Crippen molar-refractivity contribution in [2.75, 3.05) is 31.1 Å². The molecule has 22 heavy (non-hydrogen) atoms. The van der Waals surface area contributed by atoms with Crippen molar-refractivity contribution < 1.29 is 9.18 Å². The highest BCUT2D eigenvalue weighted by atomic mass is 19.1. The SMILES string of the molecule is O=C(Cc1cccc(F)c1)N1CCN(c2ncccn2)CC1. The number of rotatable bonds is 3. The van der Waals surface area contributed by atoms with Crippen LogP contribution in [0.25, 0.3) is 0 Å². The number of halogens is 1. The minimum Gasteiger partial charge on any atom is -0.339 e. The Labute approximate surface area is 128 Å². The van der Waals surface area contributed by atoms with Crippen LogP contribution in [0.3, 0.4) is 0 Å². The van der Waals surface area contributed by atoms with Crippen molar-refractivity contribution in [3.8, 4) is 0 Å². The molecule has 1 aliphatic heterocycles. The van der Waals surface area contributed by atoms with Crippen molar-refractivity contribution in [1.82, 2.24) is 14.9 Å². The minimum atomic E-state index is -0.309. The third-order valence-electron chi connectivity index (χ3n) is 3.71. The van der Waals surface area contributed by atoms with Crippen LogP contribution in [0.2, 0.25) is 0 Å². The lowest BCUT2D eigenvalue weighted by atomic mass is 10.1. The number of amides is 1. The molecule has 0 atom stereocenters. The second-order valence-corrected chi connectivity index (χ2v) is 5.22. The van der Waals surface area contributed by atoms with Gasteiger partial charge in [-0.2, -0.15) is 0 Å². The summed E-state index contributed by atoms with van der Waals surface area (Å²) in [7, 11) is 0. The maximum Gasteiger partial charge on any atom is 0.227 e. The van der Waals surface area contributed by atoms with Crippen LogP contribution in [0.15, 0.2) is 42.7 Å². The van der Waals surface area contributed by atoms with Gasteiger partial charge in [-0.3, -0.25) is 4.79 Å². The third kappa shape index (κ3) is 3.39. The second kappa shape index (κ2) is 6.51. The Morgan fingerprint density at radius 3 is 2.50 bits per heavy atom. The predicted octanol–water partition coefficient (Wildman–Crippen LogP) is 1.51. The molecular formula is C16H17FN4O. The van der Waals surface area contributed by atoms with Gasteiger partial charge in [-0.05, 0) is 23.8 Å². The molecule has 0 spiro atoms. The first-order valence-electron chi connectivity index (χ1n) is 7.26. The molecule has 0 aliphatic carbocycles. The molecular weight excluding hydrogens is 283 g/mol. The van der Waals surface area contributed by atoms with E-state index < -0.39 is 0 Å². The Morgan fingerprint density at radius 1 is 1.09 bits per heavy atom. The Hall–Kier alpha value is -2.50. The van der Waals surface area contributed by atoms with Gasteiger partial charge in [0, 0.05) is 38.6 Å². The number of piperazine rings is 1. The van der Waals surface area contributed by atoms with Crippen molar-refractivity contribution in [1.29, 1.82) is 0 Å². The average Bonchev–Trinajstić information content (AvgIpc) is 2.56. The molecule has 1 amide bonds. The number of aromatic nitrogens is 2. The standard InChI is InChI=1S/C16H17FN4O/c17-14-4-1-3-13(11-14)12-15(22)20-7-9-21(10-8-20)16-18-5-2-6-19-16/h1-6,11H,7-10,12H2. The summed E-state index contributed by atoms with van der Waals surface area (Å²) >= 11 is 0. The van der Waals surface area contributed by atoms with Gasteiger partial charge in [-0.25, -0.2) is 14.4 Å². The van der Waals surface area contributed by atoms with Gasteiger partial charge in [-0.1, -0.05) is 12.1 Å². The van der Waals surface area contributed by atoms with Gasteiger partial charge in [0.15, 0.2) is 0 Å². The zero-order chi connectivity index (χ0) is 15.4. The molecule has 5 nitrogen and oxygen atoms in total. The number of benzene rings is 1. The van der Waals surface area contributed by atoms with Gasteiger partial charge in [-0.15, -0.1) is 0 Å². The molecule has 2 aromatic rings. The number of nitrogens with zero attached hydrogens (tertiary/aromatic N) is 4. The van der Waals surface area contributed by atoms with E-state index in [1.807, 2.05) is 4.90 Å². The van der Waals surface area contributed by atoms with E-state index in [0.29, 0.717) is 37.7 Å². The van der Waals surface area contributed by atoms with E-state index >= 15 is 0 Å². The molecule has 0 N–H and O–H groups in total. The first-order valence-corrected chi connectivity index (χ1v) is 7.26. The van der Waals surface area contributed by atoms with Crippen LogP contribution in [0.1, 0.15) is 5.56 Å². The van der Waals surface area contributed by atoms with Crippen LogP contribution < -0.4 is 4.90 Å². The zero-order valence-corrected chi connectivity index (χ0v) is 12.2. The van der Waals surface area contributed by atoms with E-state index in [0.717, 1.165) is 0 Å². The Morgan fingerprint density at radius 2 is 1.82 bits per heavy atom. The number of hydrogen-bond donors (Lipinski definition) is 0. The summed E-state index contributed by atoms with van der Waals surface area (Å²) in [4.78, 5) is 24.6. The van der Waals surface area contributed by atoms with Crippen molar-refractivity contribution in [3.63, 3.8) is 0 Å². The largest absolute Gasteiger partial charge is 0.339 e. The van der Waals surface area contributed by atoms with E-state index in [-0.39, 0.29) is 18.1 Å². The summed E-state index contributed by atoms with van der Waals surface area (Å²) in [6.07, 6.45) is 3.66. The smallest absolute Gasteiger partial charge is 0.227 e. The number of carbonyl (C=O) groups is 1. The normalized spacial score (nSPS) is 15.0. The summed E-state index contributed by atoms with van der Waals surface area (Å²) in [6, 6.07) is 7.97. The molecule has 1 saturated heterocycles. The molecule has 1 fully saturated rings. The highest BCUT2D eigenvalue weighted by molar-refractivity contribution is 5.79. The highest BCUT2D eigenvalue weighted by Gasteiger charge is 2.22. The fourth-order valence-electron chi connectivity index (χ4n) is 2.54. The number of carbonyl (C=O) groups excluding carboxylic acids is 1. The second-order valence-electron chi connectivity index (χ2n) is 5.22. The van der Waals surface area contributed by atoms with Crippen LogP contribution >= 0.6 is 0 Å². The minimum absolute atomic E-state index is 0.0271. The zero-order valence-electron chi connectivity index (χ0n) is 12.2. The van der Waals surface area contributed by atoms with Gasteiger partial charge in [0.25, 0.3) is 0 Å². The van der Waals surface area contributed by atoms with Gasteiger partial charge >= 0.3 is 0 Å². The molecule has 1 aromatic carbocycles. The van der Waals surface area contributed by atoms with E-state index in [4.69, 9.17) is 0 Å². The van der Waals surface area contributed by atoms with Crippen LogP contribution in [0.5, 0.6) is 0 Å². The Kier molecular flexibility index (Phi) is 4.27. The fraction of sp³-hybridized carbons (Fsp3) is 0.312. The fourth-order valence-corrected chi connectivity index (χ4v) is 2.54.